The fourth-order valence-electron chi connectivity index (χ4n) is 6.17. The molecular weight excluding hydrogens is 785 g/mol. The van der Waals surface area contributed by atoms with Crippen molar-refractivity contribution in [1.82, 2.24) is 9.97 Å². The summed E-state index contributed by atoms with van der Waals surface area (Å²) in [6.07, 6.45) is 9.57. The Labute approximate surface area is 307 Å². The summed E-state index contributed by atoms with van der Waals surface area (Å²) >= 11 is 0. The molecule has 0 fully saturated rings. The van der Waals surface area contributed by atoms with Gasteiger partial charge in [0.15, 0.2) is 5.78 Å². The number of allylic oxidation sites excluding steroid dienone is 2. The topological polar surface area (TPSA) is 76.2 Å². The Kier molecular flexibility index (Phi) is 14.5. The zero-order chi connectivity index (χ0) is 35.0. The zero-order valence-electron chi connectivity index (χ0n) is 30.7. The van der Waals surface area contributed by atoms with Crippen molar-refractivity contribution >= 4 is 27.7 Å². The fourth-order valence-corrected chi connectivity index (χ4v) is 6.17. The van der Waals surface area contributed by atoms with E-state index in [1.807, 2.05) is 46.2 Å². The molecule has 6 heteroatoms. The van der Waals surface area contributed by atoms with Crippen LogP contribution in [0, 0.1) is 23.8 Å². The third-order valence-corrected chi connectivity index (χ3v) is 9.07. The van der Waals surface area contributed by atoms with Crippen molar-refractivity contribution in [3.63, 3.8) is 0 Å². The Morgan fingerprint density at radius 2 is 1.57 bits per heavy atom. The molecule has 3 aromatic heterocycles. The molecule has 2 aromatic carbocycles. The van der Waals surface area contributed by atoms with Gasteiger partial charge in [-0.25, -0.2) is 4.98 Å². The van der Waals surface area contributed by atoms with Gasteiger partial charge in [-0.15, -0.1) is 29.1 Å². The summed E-state index contributed by atoms with van der Waals surface area (Å²) in [4.78, 5) is 21.0. The molecule has 0 unspecified atom stereocenters. The van der Waals surface area contributed by atoms with Gasteiger partial charge in [0.25, 0.3) is 0 Å². The molecular formula is C43H53IrN2O3-. The molecule has 1 N–H and O–H groups in total. The molecule has 3 heterocycles. The van der Waals surface area contributed by atoms with Crippen LogP contribution in [0.4, 0.5) is 0 Å². The predicted molar refractivity (Wildman–Crippen MR) is 200 cm³/mol. The van der Waals surface area contributed by atoms with E-state index < -0.39 is 0 Å². The Morgan fingerprint density at radius 3 is 2.20 bits per heavy atom. The molecule has 0 saturated carbocycles. The normalized spacial score (nSPS) is 12.0. The minimum atomic E-state index is 0. The molecule has 1 radical (unpaired) electrons. The molecule has 0 bridgehead atoms. The van der Waals surface area contributed by atoms with Crippen molar-refractivity contribution in [1.29, 1.82) is 0 Å². The van der Waals surface area contributed by atoms with Gasteiger partial charge in [-0.2, -0.15) is 0 Å². The summed E-state index contributed by atoms with van der Waals surface area (Å²) < 4.78 is 5.92. The number of nitrogens with zero attached hydrogens (tertiary/aromatic N) is 2. The first kappa shape index (κ1) is 39.8. The smallest absolute Gasteiger partial charge is 0.226 e. The molecule has 0 amide bonds. The average Bonchev–Trinajstić information content (AvgIpc) is 3.46. The van der Waals surface area contributed by atoms with E-state index in [1.54, 1.807) is 0 Å². The number of hydrogen-bond donors (Lipinski definition) is 1. The number of ketones is 1. The molecule has 263 valence electrons. The number of hydrogen-bond acceptors (Lipinski definition) is 5. The molecule has 0 atom stereocenters. The monoisotopic (exact) mass is 838 g/mol. The van der Waals surface area contributed by atoms with Crippen LogP contribution < -0.4 is 0 Å². The van der Waals surface area contributed by atoms with E-state index in [1.165, 1.54) is 17.0 Å². The molecule has 5 rings (SSSR count). The molecule has 0 saturated heterocycles. The third-order valence-electron chi connectivity index (χ3n) is 9.07. The number of furan rings is 1. The maximum atomic E-state index is 11.7. The number of aromatic nitrogens is 2. The van der Waals surface area contributed by atoms with Crippen LogP contribution in [0.3, 0.4) is 0 Å². The molecule has 0 aliphatic carbocycles. The molecule has 5 aromatic rings. The minimum absolute atomic E-state index is 0. The van der Waals surface area contributed by atoms with Crippen molar-refractivity contribution in [3.05, 3.63) is 96.2 Å². The predicted octanol–water partition coefficient (Wildman–Crippen LogP) is 11.9. The number of pyridine rings is 2. The van der Waals surface area contributed by atoms with Gasteiger partial charge in [0.05, 0.1) is 5.76 Å². The molecule has 0 spiro atoms. The fraction of sp³-hybridized carbons (Fsp3) is 0.419. The van der Waals surface area contributed by atoms with Gasteiger partial charge < -0.3 is 9.52 Å². The summed E-state index contributed by atoms with van der Waals surface area (Å²) in [5.74, 6) is 2.08. The van der Waals surface area contributed by atoms with Gasteiger partial charge in [-0.05, 0) is 60.8 Å². The van der Waals surface area contributed by atoms with Crippen LogP contribution in [-0.2, 0) is 36.7 Å². The maximum absolute atomic E-state index is 11.7. The summed E-state index contributed by atoms with van der Waals surface area (Å²) in [6.45, 7) is 19.2. The number of fused-ring (bicyclic) bond motifs is 2. The summed E-state index contributed by atoms with van der Waals surface area (Å²) in [5, 5.41) is 13.2. The van der Waals surface area contributed by atoms with Crippen LogP contribution in [0.15, 0.2) is 83.2 Å². The summed E-state index contributed by atoms with van der Waals surface area (Å²) in [5.41, 5.74) is 6.08. The number of carbonyl (C=O) groups is 1. The van der Waals surface area contributed by atoms with Crippen molar-refractivity contribution in [2.75, 3.05) is 0 Å². The second kappa shape index (κ2) is 17.9. The summed E-state index contributed by atoms with van der Waals surface area (Å²) in [7, 11) is 0. The van der Waals surface area contributed by atoms with Crippen LogP contribution in [-0.4, -0.2) is 20.9 Å². The van der Waals surface area contributed by atoms with Crippen molar-refractivity contribution < 1.29 is 34.4 Å². The van der Waals surface area contributed by atoms with Crippen LogP contribution in [0.5, 0.6) is 0 Å². The van der Waals surface area contributed by atoms with Gasteiger partial charge >= 0.3 is 0 Å². The second-order valence-corrected chi connectivity index (χ2v) is 14.2. The SMILES string of the molecule is CC(C)Cc1cc2cc(-c3ccnc(-c4[c-]c5ccccc5c(C(C)(C)C)c4)c3)cnc2o1.CCC(CC)C(=O)/C=C(\O)C(CC)CC.[Ir]. The van der Waals surface area contributed by atoms with Gasteiger partial charge in [-0.1, -0.05) is 97.5 Å². The Bertz CT molecular complexity index is 1860. The van der Waals surface area contributed by atoms with Crippen molar-refractivity contribution in [2.24, 2.45) is 17.8 Å². The summed E-state index contributed by atoms with van der Waals surface area (Å²) in [6, 6.07) is 22.7. The first-order chi connectivity index (χ1) is 22.9. The minimum Gasteiger partial charge on any atom is -0.512 e. The van der Waals surface area contributed by atoms with Gasteiger partial charge in [-0.3, -0.25) is 9.78 Å². The maximum Gasteiger partial charge on any atom is 0.226 e. The Balaban J connectivity index is 0.000000347. The van der Waals surface area contributed by atoms with Crippen LogP contribution in [0.2, 0.25) is 0 Å². The van der Waals surface area contributed by atoms with Gasteiger partial charge in [0.2, 0.25) is 5.71 Å². The van der Waals surface area contributed by atoms with E-state index in [0.29, 0.717) is 11.6 Å². The van der Waals surface area contributed by atoms with E-state index in [-0.39, 0.29) is 48.9 Å². The molecule has 0 aliphatic rings. The van der Waals surface area contributed by atoms with Crippen molar-refractivity contribution in [3.8, 4) is 22.4 Å². The first-order valence-corrected chi connectivity index (χ1v) is 17.6. The molecule has 0 aliphatic heterocycles. The first-order valence-electron chi connectivity index (χ1n) is 17.6. The van der Waals surface area contributed by atoms with E-state index >= 15 is 0 Å². The second-order valence-electron chi connectivity index (χ2n) is 14.2. The van der Waals surface area contributed by atoms with E-state index in [0.717, 1.165) is 71.0 Å². The Morgan fingerprint density at radius 1 is 0.898 bits per heavy atom. The zero-order valence-corrected chi connectivity index (χ0v) is 33.1. The third kappa shape index (κ3) is 10.2. The van der Waals surface area contributed by atoms with Crippen molar-refractivity contribution in [2.45, 2.75) is 99.8 Å². The molecule has 5 nitrogen and oxygen atoms in total. The van der Waals surface area contributed by atoms with Gasteiger partial charge in [0.1, 0.15) is 5.76 Å². The number of aliphatic hydroxyl groups excluding tert-OH is 1. The van der Waals surface area contributed by atoms with E-state index in [4.69, 9.17) is 9.40 Å². The largest absolute Gasteiger partial charge is 0.512 e. The van der Waals surface area contributed by atoms with E-state index in [2.05, 4.69) is 94.2 Å². The standard InChI is InChI=1S/C30H29N2O.C13H24O2.Ir/c1-19(2)12-25-15-23-14-24(18-32-29(23)33-25)20-10-11-31-28(17-20)22-13-21-8-6-7-9-26(21)27(16-22)30(3,4)5;1-5-10(6-2)12(14)9-13(15)11(7-3)8-4;/h6-11,14-19H,12H2,1-5H3;9-11,14H,5-8H2,1-4H3;/q-1;;/b;12-9-;. The van der Waals surface area contributed by atoms with Crippen LogP contribution in [0.25, 0.3) is 44.3 Å². The quantitative estimate of drug-likeness (QED) is 0.0815. The van der Waals surface area contributed by atoms with Crippen LogP contribution >= 0.6 is 0 Å². The average molecular weight is 838 g/mol. The van der Waals surface area contributed by atoms with Crippen LogP contribution in [0.1, 0.15) is 99.3 Å². The molecule has 49 heavy (non-hydrogen) atoms. The van der Waals surface area contributed by atoms with Gasteiger partial charge in [0, 0.05) is 73.5 Å². The number of carbonyl (C=O) groups excluding carboxylic acids is 1. The number of rotatable bonds is 11. The Hall–Kier alpha value is -3.60. The van der Waals surface area contributed by atoms with E-state index in [9.17, 15) is 9.90 Å². The number of aliphatic hydroxyl groups is 1. The number of benzene rings is 2.